The van der Waals surface area contributed by atoms with Gasteiger partial charge in [-0.3, -0.25) is 9.79 Å². The van der Waals surface area contributed by atoms with E-state index in [4.69, 9.17) is 0 Å². The lowest BCUT2D eigenvalue weighted by Gasteiger charge is -2.39. The average molecular weight is 460 g/mol. The number of nitrogens with one attached hydrogen (secondary N) is 1. The molecule has 2 aromatic rings. The molecule has 0 aliphatic carbocycles. The van der Waals surface area contributed by atoms with Gasteiger partial charge in [-0.1, -0.05) is 6.07 Å². The summed E-state index contributed by atoms with van der Waals surface area (Å²) in [5, 5.41) is 2.62. The molecule has 1 saturated heterocycles. The molecule has 0 unspecified atom stereocenters. The average Bonchev–Trinajstić information content (AvgIpc) is 3.26. The number of sulfonamides is 1. The minimum atomic E-state index is -3.92. The van der Waals surface area contributed by atoms with Gasteiger partial charge in [0.2, 0.25) is 11.9 Å². The summed E-state index contributed by atoms with van der Waals surface area (Å²) in [6.45, 7) is 6.31. The molecule has 0 aromatic heterocycles. The molecule has 0 spiro atoms. The van der Waals surface area contributed by atoms with Crippen molar-refractivity contribution in [1.29, 1.82) is 0 Å². The van der Waals surface area contributed by atoms with Crippen LogP contribution < -0.4 is 10.2 Å². The van der Waals surface area contributed by atoms with Crippen LogP contribution in [0.5, 0.6) is 0 Å². The Kier molecular flexibility index (Phi) is 6.05. The first kappa shape index (κ1) is 22.1. The van der Waals surface area contributed by atoms with E-state index in [0.29, 0.717) is 38.7 Å². The van der Waals surface area contributed by atoms with Crippen LogP contribution in [0.15, 0.2) is 52.4 Å². The fraction of sp³-hybridized carbons (Fsp3) is 0.364. The molecule has 0 radical (unpaired) electrons. The van der Waals surface area contributed by atoms with E-state index in [2.05, 4.69) is 15.2 Å². The number of piperazine rings is 1. The van der Waals surface area contributed by atoms with Crippen LogP contribution >= 0.6 is 0 Å². The predicted octanol–water partition coefficient (Wildman–Crippen LogP) is 2.28. The van der Waals surface area contributed by atoms with Crippen molar-refractivity contribution < 1.29 is 17.6 Å². The Morgan fingerprint density at radius 3 is 2.31 bits per heavy atom. The van der Waals surface area contributed by atoms with Gasteiger partial charge in [-0.05, 0) is 48.9 Å². The molecule has 8 nitrogen and oxygen atoms in total. The van der Waals surface area contributed by atoms with E-state index >= 15 is 0 Å². The van der Waals surface area contributed by atoms with Crippen molar-refractivity contribution in [3.63, 3.8) is 0 Å². The van der Waals surface area contributed by atoms with Crippen LogP contribution in [-0.4, -0.2) is 68.8 Å². The number of carbonyl (C=O) groups excluding carboxylic acids is 1. The summed E-state index contributed by atoms with van der Waals surface area (Å²) in [7, 11) is -3.92. The van der Waals surface area contributed by atoms with Crippen LogP contribution in [-0.2, 0) is 14.8 Å². The van der Waals surface area contributed by atoms with Crippen LogP contribution in [0.25, 0.3) is 0 Å². The Labute approximate surface area is 187 Å². The van der Waals surface area contributed by atoms with Crippen molar-refractivity contribution in [2.75, 3.05) is 49.5 Å². The Morgan fingerprint density at radius 1 is 1.00 bits per heavy atom. The highest BCUT2D eigenvalue weighted by Crippen LogP contribution is 2.28. The number of hydrogen-bond donors (Lipinski definition) is 1. The van der Waals surface area contributed by atoms with E-state index in [0.717, 1.165) is 11.3 Å². The van der Waals surface area contributed by atoms with E-state index in [1.165, 1.54) is 23.4 Å². The molecule has 0 saturated carbocycles. The topological polar surface area (TPSA) is 85.3 Å². The fourth-order valence-corrected chi connectivity index (χ4v) is 5.66. The molecular formula is C22H26FN5O3S. The quantitative estimate of drug-likeness (QED) is 0.758. The van der Waals surface area contributed by atoms with Gasteiger partial charge in [0.25, 0.3) is 10.0 Å². The monoisotopic (exact) mass is 459 g/mol. The van der Waals surface area contributed by atoms with Crippen LogP contribution in [0.2, 0.25) is 0 Å². The molecule has 2 aliphatic rings. The number of amides is 1. The highest BCUT2D eigenvalue weighted by molar-refractivity contribution is 7.89. The summed E-state index contributed by atoms with van der Waals surface area (Å²) in [6.07, 6.45) is 0. The number of aliphatic imine (C=N–C) groups is 1. The van der Waals surface area contributed by atoms with E-state index in [1.54, 1.807) is 30.3 Å². The Hall–Kier alpha value is -3.14. The van der Waals surface area contributed by atoms with Gasteiger partial charge in [-0.2, -0.15) is 0 Å². The summed E-state index contributed by atoms with van der Waals surface area (Å²) >= 11 is 0. The van der Waals surface area contributed by atoms with Crippen molar-refractivity contribution in [1.82, 2.24) is 9.21 Å². The molecule has 1 amide bonds. The molecule has 170 valence electrons. The van der Waals surface area contributed by atoms with Crippen molar-refractivity contribution in [3.05, 3.63) is 53.8 Å². The van der Waals surface area contributed by atoms with Gasteiger partial charge in [0.15, 0.2) is 0 Å². The maximum absolute atomic E-state index is 13.6. The predicted molar refractivity (Wildman–Crippen MR) is 122 cm³/mol. The maximum Gasteiger partial charge on any atom is 0.268 e. The third-order valence-electron chi connectivity index (χ3n) is 5.55. The Morgan fingerprint density at radius 2 is 1.66 bits per heavy atom. The minimum absolute atomic E-state index is 0.0623. The van der Waals surface area contributed by atoms with Gasteiger partial charge in [0.05, 0.1) is 18.8 Å². The minimum Gasteiger partial charge on any atom is -0.368 e. The second-order valence-corrected chi connectivity index (χ2v) is 9.72. The number of aryl methyl sites for hydroxylation is 1. The molecule has 1 N–H and O–H groups in total. The lowest BCUT2D eigenvalue weighted by Crippen LogP contribution is -2.53. The first-order valence-corrected chi connectivity index (χ1v) is 11.9. The van der Waals surface area contributed by atoms with E-state index in [9.17, 15) is 17.6 Å². The second kappa shape index (κ2) is 8.78. The van der Waals surface area contributed by atoms with Gasteiger partial charge in [-0.25, -0.2) is 17.1 Å². The first-order chi connectivity index (χ1) is 15.3. The van der Waals surface area contributed by atoms with E-state index in [1.807, 2.05) is 11.8 Å². The van der Waals surface area contributed by atoms with Crippen LogP contribution in [0, 0.1) is 12.7 Å². The second-order valence-electron chi connectivity index (χ2n) is 7.89. The number of rotatable bonds is 4. The largest absolute Gasteiger partial charge is 0.368 e. The van der Waals surface area contributed by atoms with Crippen LogP contribution in [0.3, 0.4) is 0 Å². The standard InChI is InChI=1S/C22H26FN5O3S/c1-16-3-8-20(25-17(2)29)21(15-16)32(30,31)28-10-9-24-22(28)27-13-11-26(12-14-27)19-6-4-18(23)5-7-19/h3-8,15H,9-14H2,1-2H3,(H,25,29). The number of nitrogens with zero attached hydrogens (tertiary/aromatic N) is 4. The molecule has 32 heavy (non-hydrogen) atoms. The van der Waals surface area contributed by atoms with Gasteiger partial charge < -0.3 is 15.1 Å². The molecular weight excluding hydrogens is 433 g/mol. The van der Waals surface area contributed by atoms with Crippen molar-refractivity contribution in [3.8, 4) is 0 Å². The van der Waals surface area contributed by atoms with Crippen LogP contribution in [0.4, 0.5) is 15.8 Å². The van der Waals surface area contributed by atoms with E-state index < -0.39 is 10.0 Å². The zero-order valence-electron chi connectivity index (χ0n) is 18.1. The number of carbonyl (C=O) groups is 1. The van der Waals surface area contributed by atoms with Crippen LogP contribution in [0.1, 0.15) is 12.5 Å². The highest BCUT2D eigenvalue weighted by Gasteiger charge is 2.36. The maximum atomic E-state index is 13.6. The van der Waals surface area contributed by atoms with Crippen molar-refractivity contribution in [2.45, 2.75) is 18.7 Å². The van der Waals surface area contributed by atoms with Gasteiger partial charge in [-0.15, -0.1) is 0 Å². The molecule has 0 atom stereocenters. The number of halogens is 1. The highest BCUT2D eigenvalue weighted by atomic mass is 32.2. The zero-order chi connectivity index (χ0) is 22.9. The first-order valence-electron chi connectivity index (χ1n) is 10.5. The SMILES string of the molecule is CC(=O)Nc1ccc(C)cc1S(=O)(=O)N1CCN=C1N1CCN(c2ccc(F)cc2)CC1. The smallest absolute Gasteiger partial charge is 0.268 e. The van der Waals surface area contributed by atoms with Gasteiger partial charge >= 0.3 is 0 Å². The summed E-state index contributed by atoms with van der Waals surface area (Å²) in [4.78, 5) is 20.3. The van der Waals surface area contributed by atoms with Crippen molar-refractivity contribution in [2.24, 2.45) is 4.99 Å². The molecule has 2 aromatic carbocycles. The fourth-order valence-electron chi connectivity index (χ4n) is 3.98. The lowest BCUT2D eigenvalue weighted by molar-refractivity contribution is -0.114. The zero-order valence-corrected chi connectivity index (χ0v) is 18.9. The third kappa shape index (κ3) is 4.40. The molecule has 1 fully saturated rings. The summed E-state index contributed by atoms with van der Waals surface area (Å²) < 4.78 is 41.7. The molecule has 10 heteroatoms. The molecule has 2 aliphatic heterocycles. The third-order valence-corrected chi connectivity index (χ3v) is 7.37. The summed E-state index contributed by atoms with van der Waals surface area (Å²) in [6, 6.07) is 11.3. The van der Waals surface area contributed by atoms with Gasteiger partial charge in [0.1, 0.15) is 10.7 Å². The van der Waals surface area contributed by atoms with Gasteiger partial charge in [0, 0.05) is 38.8 Å². The lowest BCUT2D eigenvalue weighted by atomic mass is 10.2. The molecule has 0 bridgehead atoms. The number of hydrogen-bond acceptors (Lipinski definition) is 6. The Balaban J connectivity index is 1.53. The van der Waals surface area contributed by atoms with Crippen molar-refractivity contribution >= 4 is 33.3 Å². The number of guanidine groups is 1. The number of benzene rings is 2. The molecule has 2 heterocycles. The molecule has 4 rings (SSSR count). The van der Waals surface area contributed by atoms with E-state index in [-0.39, 0.29) is 28.9 Å². The summed E-state index contributed by atoms with van der Waals surface area (Å²) in [5.74, 6) is -0.181. The Bertz CT molecular complexity index is 1140. The summed E-state index contributed by atoms with van der Waals surface area (Å²) in [5.41, 5.74) is 1.97. The number of anilines is 2. The normalized spacial score (nSPS) is 16.8.